The molecule has 31 heavy (non-hydrogen) atoms. The molecular formula is C22H28ClNO6S. The Morgan fingerprint density at radius 1 is 1.10 bits per heavy atom. The predicted molar refractivity (Wildman–Crippen MR) is 122 cm³/mol. The number of carbonyl (C=O) groups excluding carboxylic acids is 1. The van der Waals surface area contributed by atoms with E-state index in [1.54, 1.807) is 31.2 Å². The topological polar surface area (TPSA) is 90.9 Å². The normalized spacial score (nSPS) is 12.2. The van der Waals surface area contributed by atoms with E-state index in [2.05, 4.69) is 5.32 Å². The van der Waals surface area contributed by atoms with Crippen LogP contribution in [-0.2, 0) is 9.84 Å². The fraction of sp³-hybridized carbons (Fsp3) is 0.409. The maximum Gasteiger partial charge on any atom is 0.251 e. The molecule has 0 aliphatic carbocycles. The molecule has 0 bridgehead atoms. The molecule has 0 aliphatic heterocycles. The van der Waals surface area contributed by atoms with Crippen LogP contribution in [0.1, 0.15) is 33.8 Å². The standard InChI is InChI=1S/C22H28ClNO6S/c1-14-18(12-19(28-2)21(30-4)20(14)29-3)22(25)24-13-16(9-10-31(5,26)27)15-7-6-8-17(23)11-15/h6-8,11-12,16H,9-10,13H2,1-5H3,(H,24,25). The quantitative estimate of drug-likeness (QED) is 0.571. The van der Waals surface area contributed by atoms with Gasteiger partial charge in [0.15, 0.2) is 11.5 Å². The predicted octanol–water partition coefficient (Wildman–Crippen LogP) is 3.62. The van der Waals surface area contributed by atoms with E-state index in [4.69, 9.17) is 25.8 Å². The lowest BCUT2D eigenvalue weighted by Crippen LogP contribution is -2.30. The maximum atomic E-state index is 13.0. The lowest BCUT2D eigenvalue weighted by Gasteiger charge is -2.20. The Bertz CT molecular complexity index is 1040. The van der Waals surface area contributed by atoms with E-state index >= 15 is 0 Å². The van der Waals surface area contributed by atoms with E-state index in [-0.39, 0.29) is 24.1 Å². The van der Waals surface area contributed by atoms with Gasteiger partial charge in [-0.1, -0.05) is 23.7 Å². The van der Waals surface area contributed by atoms with E-state index in [1.165, 1.54) is 27.6 Å². The first-order valence-electron chi connectivity index (χ1n) is 9.62. The number of hydrogen-bond acceptors (Lipinski definition) is 6. The van der Waals surface area contributed by atoms with Gasteiger partial charge >= 0.3 is 0 Å². The number of hydrogen-bond donors (Lipinski definition) is 1. The number of rotatable bonds is 10. The number of ether oxygens (including phenoxy) is 3. The second kappa shape index (κ2) is 10.7. The highest BCUT2D eigenvalue weighted by Crippen LogP contribution is 2.41. The van der Waals surface area contributed by atoms with Crippen LogP contribution in [0.4, 0.5) is 0 Å². The molecule has 0 heterocycles. The van der Waals surface area contributed by atoms with Crippen molar-refractivity contribution in [1.82, 2.24) is 5.32 Å². The lowest BCUT2D eigenvalue weighted by atomic mass is 9.96. The highest BCUT2D eigenvalue weighted by molar-refractivity contribution is 7.90. The fourth-order valence-corrected chi connectivity index (χ4v) is 4.26. The van der Waals surface area contributed by atoms with Gasteiger partial charge in [0.1, 0.15) is 9.84 Å². The average Bonchev–Trinajstić information content (AvgIpc) is 2.72. The Balaban J connectivity index is 2.29. The Morgan fingerprint density at radius 2 is 1.77 bits per heavy atom. The molecule has 9 heteroatoms. The SMILES string of the molecule is COc1cc(C(=O)NCC(CCS(C)(=O)=O)c2cccc(Cl)c2)c(C)c(OC)c1OC. The molecule has 1 amide bonds. The van der Waals surface area contributed by atoms with Crippen LogP contribution in [0, 0.1) is 6.92 Å². The summed E-state index contributed by atoms with van der Waals surface area (Å²) in [5.74, 6) is 0.643. The van der Waals surface area contributed by atoms with Crippen molar-refractivity contribution in [2.24, 2.45) is 0 Å². The number of methoxy groups -OCH3 is 3. The van der Waals surface area contributed by atoms with Crippen molar-refractivity contribution in [3.63, 3.8) is 0 Å². The van der Waals surface area contributed by atoms with Gasteiger partial charge in [0.2, 0.25) is 5.75 Å². The first-order chi connectivity index (χ1) is 14.6. The summed E-state index contributed by atoms with van der Waals surface area (Å²) in [5, 5.41) is 3.46. The Morgan fingerprint density at radius 3 is 2.32 bits per heavy atom. The molecule has 2 aromatic rings. The summed E-state index contributed by atoms with van der Waals surface area (Å²) < 4.78 is 39.5. The number of halogens is 1. The molecular weight excluding hydrogens is 442 g/mol. The fourth-order valence-electron chi connectivity index (χ4n) is 3.35. The van der Waals surface area contributed by atoms with Crippen molar-refractivity contribution in [3.8, 4) is 17.2 Å². The zero-order chi connectivity index (χ0) is 23.2. The van der Waals surface area contributed by atoms with Crippen LogP contribution in [-0.4, -0.2) is 54.2 Å². The van der Waals surface area contributed by atoms with E-state index in [0.717, 1.165) is 5.56 Å². The Kier molecular flexibility index (Phi) is 8.59. The van der Waals surface area contributed by atoms with Crippen LogP contribution in [0.2, 0.25) is 5.02 Å². The van der Waals surface area contributed by atoms with Gasteiger partial charge in [0.05, 0.1) is 27.1 Å². The van der Waals surface area contributed by atoms with Crippen LogP contribution in [0.15, 0.2) is 30.3 Å². The molecule has 0 aromatic heterocycles. The van der Waals surface area contributed by atoms with Crippen molar-refractivity contribution >= 4 is 27.3 Å². The smallest absolute Gasteiger partial charge is 0.251 e. The van der Waals surface area contributed by atoms with Gasteiger partial charge in [-0.25, -0.2) is 8.42 Å². The van der Waals surface area contributed by atoms with Crippen molar-refractivity contribution in [2.75, 3.05) is 39.9 Å². The lowest BCUT2D eigenvalue weighted by molar-refractivity contribution is 0.0949. The third-order valence-corrected chi connectivity index (χ3v) is 6.20. The van der Waals surface area contributed by atoms with Gasteiger partial charge in [0, 0.05) is 34.9 Å². The summed E-state index contributed by atoms with van der Waals surface area (Å²) in [5.41, 5.74) is 1.84. The molecule has 170 valence electrons. The van der Waals surface area contributed by atoms with Crippen LogP contribution in [0.25, 0.3) is 0 Å². The zero-order valence-corrected chi connectivity index (χ0v) is 19.9. The minimum Gasteiger partial charge on any atom is -0.493 e. The van der Waals surface area contributed by atoms with Gasteiger partial charge in [-0.3, -0.25) is 4.79 Å². The molecule has 1 atom stereocenters. The maximum absolute atomic E-state index is 13.0. The first kappa shape index (κ1) is 24.8. The summed E-state index contributed by atoms with van der Waals surface area (Å²) in [6.07, 6.45) is 1.55. The van der Waals surface area contributed by atoms with E-state index in [0.29, 0.717) is 39.8 Å². The van der Waals surface area contributed by atoms with Gasteiger partial charge in [-0.15, -0.1) is 0 Å². The third kappa shape index (κ3) is 6.51. The molecule has 1 unspecified atom stereocenters. The van der Waals surface area contributed by atoms with E-state index in [9.17, 15) is 13.2 Å². The van der Waals surface area contributed by atoms with E-state index < -0.39 is 9.84 Å². The minimum atomic E-state index is -3.15. The van der Waals surface area contributed by atoms with Gasteiger partial charge in [-0.05, 0) is 37.1 Å². The number of nitrogens with one attached hydrogen (secondary N) is 1. The highest BCUT2D eigenvalue weighted by atomic mass is 35.5. The Hall–Kier alpha value is -2.45. The molecule has 2 aromatic carbocycles. The van der Waals surface area contributed by atoms with Gasteiger partial charge in [0.25, 0.3) is 5.91 Å². The molecule has 0 spiro atoms. The number of amides is 1. The van der Waals surface area contributed by atoms with Crippen LogP contribution in [0.5, 0.6) is 17.2 Å². The minimum absolute atomic E-state index is 0.00323. The molecule has 1 N–H and O–H groups in total. The van der Waals surface area contributed by atoms with Crippen LogP contribution >= 0.6 is 11.6 Å². The van der Waals surface area contributed by atoms with Crippen molar-refractivity contribution < 1.29 is 27.4 Å². The Labute approximate surface area is 188 Å². The van der Waals surface area contributed by atoms with Crippen LogP contribution < -0.4 is 19.5 Å². The van der Waals surface area contributed by atoms with Crippen LogP contribution in [0.3, 0.4) is 0 Å². The average molecular weight is 470 g/mol. The largest absolute Gasteiger partial charge is 0.493 e. The van der Waals surface area contributed by atoms with Crippen molar-refractivity contribution in [2.45, 2.75) is 19.3 Å². The second-order valence-corrected chi connectivity index (χ2v) is 9.89. The number of carbonyl (C=O) groups is 1. The second-order valence-electron chi connectivity index (χ2n) is 7.20. The molecule has 0 fully saturated rings. The molecule has 2 rings (SSSR count). The summed E-state index contributed by atoms with van der Waals surface area (Å²) >= 11 is 6.11. The zero-order valence-electron chi connectivity index (χ0n) is 18.3. The first-order valence-corrected chi connectivity index (χ1v) is 12.1. The van der Waals surface area contributed by atoms with Gasteiger partial charge in [-0.2, -0.15) is 0 Å². The number of benzene rings is 2. The molecule has 0 saturated heterocycles. The molecule has 7 nitrogen and oxygen atoms in total. The van der Waals surface area contributed by atoms with Crippen molar-refractivity contribution in [3.05, 3.63) is 52.0 Å². The summed E-state index contributed by atoms with van der Waals surface area (Å²) in [6.45, 7) is 2.00. The van der Waals surface area contributed by atoms with Crippen molar-refractivity contribution in [1.29, 1.82) is 0 Å². The highest BCUT2D eigenvalue weighted by Gasteiger charge is 2.23. The molecule has 0 saturated carbocycles. The summed E-state index contributed by atoms with van der Waals surface area (Å²) in [6, 6.07) is 8.80. The molecule has 0 aliphatic rings. The van der Waals surface area contributed by atoms with Gasteiger partial charge < -0.3 is 19.5 Å². The monoisotopic (exact) mass is 469 g/mol. The third-order valence-electron chi connectivity index (χ3n) is 4.99. The number of sulfone groups is 1. The summed E-state index contributed by atoms with van der Waals surface area (Å²) in [7, 11) is 1.32. The summed E-state index contributed by atoms with van der Waals surface area (Å²) in [4.78, 5) is 13.0. The van der Waals surface area contributed by atoms with E-state index in [1.807, 2.05) is 6.07 Å². The molecule has 0 radical (unpaired) electrons.